The van der Waals surface area contributed by atoms with Gasteiger partial charge in [0.2, 0.25) is 0 Å². The molecule has 166 valence electrons. The third kappa shape index (κ3) is 3.39. The van der Waals surface area contributed by atoms with Gasteiger partial charge in [-0.15, -0.1) is 0 Å². The van der Waals surface area contributed by atoms with Gasteiger partial charge in [0.1, 0.15) is 23.3 Å². The number of furan rings is 1. The van der Waals surface area contributed by atoms with E-state index in [2.05, 4.69) is 4.98 Å². The summed E-state index contributed by atoms with van der Waals surface area (Å²) in [5.74, 6) is -1.01. The minimum Gasteiger partial charge on any atom is -0.507 e. The smallest absolute Gasteiger partial charge is 0.302 e. The van der Waals surface area contributed by atoms with Gasteiger partial charge in [0, 0.05) is 5.56 Å². The highest BCUT2D eigenvalue weighted by Crippen LogP contribution is 2.45. The number of anilines is 1. The largest absolute Gasteiger partial charge is 0.507 e. The number of nitrogens with zero attached hydrogens (tertiary/aromatic N) is 2. The average molecular weight is 461 g/mol. The van der Waals surface area contributed by atoms with E-state index < -0.39 is 17.7 Å². The first kappa shape index (κ1) is 21.0. The lowest BCUT2D eigenvalue weighted by Crippen LogP contribution is -2.29. The molecule has 1 amide bonds. The van der Waals surface area contributed by atoms with Crippen molar-refractivity contribution < 1.29 is 23.8 Å². The van der Waals surface area contributed by atoms with Gasteiger partial charge in [-0.3, -0.25) is 14.5 Å². The molecule has 2 aromatic carbocycles. The second-order valence-electron chi connectivity index (χ2n) is 7.84. The van der Waals surface area contributed by atoms with Crippen LogP contribution in [0.25, 0.3) is 16.0 Å². The highest BCUT2D eigenvalue weighted by atomic mass is 32.1. The SMILES string of the molecule is COc1cccc(C(O)=C2C(=O)C(=O)N(c3nc4c(C)cc(C)cc4s3)[C@H]2c2ccco2)c1. The molecular formula is C25H20N2O5S. The molecular weight excluding hydrogens is 440 g/mol. The molecule has 4 aromatic rings. The molecule has 8 heteroatoms. The number of hydrogen-bond donors (Lipinski definition) is 1. The van der Waals surface area contributed by atoms with Crippen LogP contribution in [0, 0.1) is 13.8 Å². The van der Waals surface area contributed by atoms with Crippen LogP contribution >= 0.6 is 11.3 Å². The van der Waals surface area contributed by atoms with Gasteiger partial charge in [-0.1, -0.05) is 29.5 Å². The summed E-state index contributed by atoms with van der Waals surface area (Å²) in [6, 6.07) is 13.1. The lowest BCUT2D eigenvalue weighted by Gasteiger charge is -2.20. The minimum absolute atomic E-state index is 0.0599. The van der Waals surface area contributed by atoms with E-state index in [1.807, 2.05) is 26.0 Å². The van der Waals surface area contributed by atoms with Gasteiger partial charge < -0.3 is 14.3 Å². The zero-order valence-corrected chi connectivity index (χ0v) is 19.0. The van der Waals surface area contributed by atoms with Crippen molar-refractivity contribution in [1.29, 1.82) is 0 Å². The summed E-state index contributed by atoms with van der Waals surface area (Å²) in [7, 11) is 1.51. The number of benzene rings is 2. The molecule has 1 fully saturated rings. The Labute approximate surface area is 193 Å². The van der Waals surface area contributed by atoms with E-state index in [1.165, 1.54) is 29.6 Å². The number of amides is 1. The monoisotopic (exact) mass is 460 g/mol. The van der Waals surface area contributed by atoms with Crippen molar-refractivity contribution in [1.82, 2.24) is 4.98 Å². The van der Waals surface area contributed by atoms with Gasteiger partial charge in [0.15, 0.2) is 5.13 Å². The molecule has 1 N–H and O–H groups in total. The van der Waals surface area contributed by atoms with E-state index in [0.717, 1.165) is 21.3 Å². The topological polar surface area (TPSA) is 92.9 Å². The molecule has 0 spiro atoms. The fourth-order valence-electron chi connectivity index (χ4n) is 4.13. The number of aliphatic hydroxyl groups is 1. The Morgan fingerprint density at radius 1 is 1.15 bits per heavy atom. The molecule has 2 aromatic heterocycles. The van der Waals surface area contributed by atoms with Crippen LogP contribution in [-0.4, -0.2) is 28.9 Å². The molecule has 0 aliphatic carbocycles. The van der Waals surface area contributed by atoms with Crippen molar-refractivity contribution >= 4 is 44.1 Å². The molecule has 1 aliphatic rings. The molecule has 7 nitrogen and oxygen atoms in total. The fraction of sp³-hybridized carbons (Fsp3) is 0.160. The van der Waals surface area contributed by atoms with Crippen molar-refractivity contribution in [2.24, 2.45) is 0 Å². The number of ketones is 1. The second kappa shape index (κ2) is 7.90. The Kier molecular flexibility index (Phi) is 5.02. The van der Waals surface area contributed by atoms with Gasteiger partial charge in [-0.2, -0.15) is 0 Å². The number of Topliss-reactive ketones (excluding diaryl/α,β-unsaturated/α-hetero) is 1. The first-order valence-corrected chi connectivity index (χ1v) is 11.1. The zero-order valence-electron chi connectivity index (χ0n) is 18.2. The molecule has 0 bridgehead atoms. The minimum atomic E-state index is -0.951. The lowest BCUT2D eigenvalue weighted by atomic mass is 9.99. The van der Waals surface area contributed by atoms with Gasteiger partial charge >= 0.3 is 5.91 Å². The maximum atomic E-state index is 13.2. The van der Waals surface area contributed by atoms with E-state index >= 15 is 0 Å². The lowest BCUT2D eigenvalue weighted by molar-refractivity contribution is -0.132. The maximum Gasteiger partial charge on any atom is 0.302 e. The standard InChI is InChI=1S/C25H20N2O5S/c1-13-10-14(2)20-18(11-13)33-25(26-20)27-21(17-8-5-9-32-17)19(23(29)24(27)30)22(28)15-6-4-7-16(12-15)31-3/h4-12,21,28H,1-3H3/t21-/m0/s1. The van der Waals surface area contributed by atoms with Crippen LogP contribution in [0.15, 0.2) is 64.8 Å². The predicted molar refractivity (Wildman–Crippen MR) is 126 cm³/mol. The number of aryl methyl sites for hydroxylation is 2. The zero-order chi connectivity index (χ0) is 23.3. The van der Waals surface area contributed by atoms with Crippen LogP contribution in [0.3, 0.4) is 0 Å². The summed E-state index contributed by atoms with van der Waals surface area (Å²) in [6.07, 6.45) is 1.47. The second-order valence-corrected chi connectivity index (χ2v) is 8.85. The molecule has 1 atom stereocenters. The van der Waals surface area contributed by atoms with Crippen molar-refractivity contribution in [2.75, 3.05) is 12.0 Å². The fourth-order valence-corrected chi connectivity index (χ4v) is 5.30. The Hall–Kier alpha value is -3.91. The molecule has 1 saturated heterocycles. The number of ether oxygens (including phenoxy) is 1. The number of carbonyl (C=O) groups is 2. The van der Waals surface area contributed by atoms with Gasteiger partial charge in [-0.05, 0) is 55.3 Å². The van der Waals surface area contributed by atoms with E-state index in [9.17, 15) is 14.7 Å². The average Bonchev–Trinajstić information content (AvgIpc) is 3.52. The normalized spacial score (nSPS) is 17.8. The summed E-state index contributed by atoms with van der Waals surface area (Å²) < 4.78 is 11.8. The Morgan fingerprint density at radius 3 is 2.70 bits per heavy atom. The number of aliphatic hydroxyl groups excluding tert-OH is 1. The van der Waals surface area contributed by atoms with Crippen molar-refractivity contribution in [3.05, 3.63) is 82.8 Å². The number of thiazole rings is 1. The van der Waals surface area contributed by atoms with Crippen LogP contribution in [0.5, 0.6) is 5.75 Å². The van der Waals surface area contributed by atoms with Crippen LogP contribution in [0.4, 0.5) is 5.13 Å². The van der Waals surface area contributed by atoms with E-state index in [4.69, 9.17) is 9.15 Å². The third-order valence-electron chi connectivity index (χ3n) is 5.62. The molecule has 3 heterocycles. The van der Waals surface area contributed by atoms with Gasteiger partial charge in [-0.25, -0.2) is 4.98 Å². The molecule has 1 aliphatic heterocycles. The number of hydrogen-bond acceptors (Lipinski definition) is 7. The predicted octanol–water partition coefficient (Wildman–Crippen LogP) is 5.14. The Bertz CT molecular complexity index is 1430. The molecule has 0 saturated carbocycles. The highest BCUT2D eigenvalue weighted by molar-refractivity contribution is 7.22. The number of fused-ring (bicyclic) bond motifs is 1. The van der Waals surface area contributed by atoms with E-state index in [1.54, 1.807) is 36.4 Å². The number of carbonyl (C=O) groups excluding carboxylic acids is 2. The number of rotatable bonds is 4. The van der Waals surface area contributed by atoms with Crippen LogP contribution in [0.1, 0.15) is 28.5 Å². The molecule has 0 unspecified atom stereocenters. The van der Waals surface area contributed by atoms with E-state index in [0.29, 0.717) is 22.2 Å². The Morgan fingerprint density at radius 2 is 1.97 bits per heavy atom. The van der Waals surface area contributed by atoms with Crippen molar-refractivity contribution in [3.8, 4) is 5.75 Å². The first-order chi connectivity index (χ1) is 15.9. The quantitative estimate of drug-likeness (QED) is 0.257. The van der Waals surface area contributed by atoms with Crippen LogP contribution < -0.4 is 9.64 Å². The molecule has 0 radical (unpaired) electrons. The number of methoxy groups -OCH3 is 1. The van der Waals surface area contributed by atoms with Crippen LogP contribution in [0.2, 0.25) is 0 Å². The molecule has 33 heavy (non-hydrogen) atoms. The first-order valence-electron chi connectivity index (χ1n) is 10.3. The van der Waals surface area contributed by atoms with Gasteiger partial charge in [0.05, 0.1) is 29.2 Å². The summed E-state index contributed by atoms with van der Waals surface area (Å²) in [6.45, 7) is 3.95. The maximum absolute atomic E-state index is 13.2. The third-order valence-corrected chi connectivity index (χ3v) is 6.63. The van der Waals surface area contributed by atoms with E-state index in [-0.39, 0.29) is 11.3 Å². The molecule has 5 rings (SSSR count). The van der Waals surface area contributed by atoms with Crippen molar-refractivity contribution in [2.45, 2.75) is 19.9 Å². The number of aromatic nitrogens is 1. The highest BCUT2D eigenvalue weighted by Gasteiger charge is 2.49. The Balaban J connectivity index is 1.72. The summed E-state index contributed by atoms with van der Waals surface area (Å²) in [4.78, 5) is 32.4. The van der Waals surface area contributed by atoms with Gasteiger partial charge in [0.25, 0.3) is 5.78 Å². The van der Waals surface area contributed by atoms with Crippen LogP contribution in [-0.2, 0) is 9.59 Å². The summed E-state index contributed by atoms with van der Waals surface area (Å²) in [5, 5.41) is 11.5. The summed E-state index contributed by atoms with van der Waals surface area (Å²) >= 11 is 1.32. The summed E-state index contributed by atoms with van der Waals surface area (Å²) in [5.41, 5.74) is 3.14. The van der Waals surface area contributed by atoms with Crippen molar-refractivity contribution in [3.63, 3.8) is 0 Å².